The van der Waals surface area contributed by atoms with Gasteiger partial charge in [-0.2, -0.15) is 0 Å². The standard InChI is InChI=1S/C9H13NO3S/c1-10(2,3)8-4-6-9(7-5-8)14(11,12)13/h4-7H,1-3H3/p+1. The molecule has 4 nitrogen and oxygen atoms in total. The van der Waals surface area contributed by atoms with Gasteiger partial charge in [0, 0.05) is 12.1 Å². The molecule has 0 bridgehead atoms. The van der Waals surface area contributed by atoms with Gasteiger partial charge >= 0.3 is 1.43 Å². The molecule has 0 unspecified atom stereocenters. The van der Waals surface area contributed by atoms with Gasteiger partial charge in [0.1, 0.15) is 15.8 Å². The van der Waals surface area contributed by atoms with E-state index in [1.165, 1.54) is 12.1 Å². The smallest absolute Gasteiger partial charge is 0.744 e. The highest BCUT2D eigenvalue weighted by Crippen LogP contribution is 2.19. The molecule has 0 fully saturated rings. The van der Waals surface area contributed by atoms with E-state index < -0.39 is 10.1 Å². The first-order valence-electron chi connectivity index (χ1n) is 4.09. The second kappa shape index (κ2) is 3.34. The van der Waals surface area contributed by atoms with E-state index in [9.17, 15) is 13.0 Å². The molecule has 0 aliphatic carbocycles. The van der Waals surface area contributed by atoms with Crippen molar-refractivity contribution in [2.75, 3.05) is 21.1 Å². The molecule has 0 radical (unpaired) electrons. The summed E-state index contributed by atoms with van der Waals surface area (Å²) < 4.78 is 32.5. The largest absolute Gasteiger partial charge is 1.00 e. The van der Waals surface area contributed by atoms with Crippen molar-refractivity contribution in [3.8, 4) is 0 Å². The summed E-state index contributed by atoms with van der Waals surface area (Å²) in [6.45, 7) is 0. The van der Waals surface area contributed by atoms with E-state index in [4.69, 9.17) is 0 Å². The van der Waals surface area contributed by atoms with Crippen LogP contribution in [-0.2, 0) is 10.1 Å². The fourth-order valence-electron chi connectivity index (χ4n) is 1.06. The molecule has 0 aromatic heterocycles. The number of rotatable bonds is 2. The topological polar surface area (TPSA) is 57.2 Å². The third-order valence-corrected chi connectivity index (χ3v) is 2.75. The van der Waals surface area contributed by atoms with Crippen LogP contribution in [0, 0.1) is 0 Å². The van der Waals surface area contributed by atoms with Gasteiger partial charge in [-0.1, -0.05) is 0 Å². The quantitative estimate of drug-likeness (QED) is 0.545. The van der Waals surface area contributed by atoms with Crippen molar-refractivity contribution in [2.24, 2.45) is 0 Å². The predicted molar refractivity (Wildman–Crippen MR) is 55.1 cm³/mol. The van der Waals surface area contributed by atoms with E-state index in [0.717, 1.165) is 5.69 Å². The Morgan fingerprint density at radius 1 is 1.14 bits per heavy atom. The molecule has 78 valence electrons. The first kappa shape index (κ1) is 11.2. The SMILES string of the molecule is C[N+](C)(C)c1ccc(S(=O)(=O)[O-])cc1.[H+]. The molecule has 0 saturated carbocycles. The fraction of sp³-hybridized carbons (Fsp3) is 0.333. The number of hydrogen-bond acceptors (Lipinski definition) is 3. The van der Waals surface area contributed by atoms with Crippen LogP contribution in [0.2, 0.25) is 0 Å². The summed E-state index contributed by atoms with van der Waals surface area (Å²) in [4.78, 5) is -0.185. The predicted octanol–water partition coefficient (Wildman–Crippen LogP) is 0.900. The molecular weight excluding hydrogens is 202 g/mol. The molecule has 0 spiro atoms. The van der Waals surface area contributed by atoms with Gasteiger partial charge in [-0.3, -0.25) is 4.48 Å². The number of nitrogens with zero attached hydrogens (tertiary/aromatic N) is 1. The third kappa shape index (κ3) is 2.54. The second-order valence-electron chi connectivity index (χ2n) is 3.96. The lowest BCUT2D eigenvalue weighted by atomic mass is 10.3. The number of quaternary nitrogens is 1. The summed E-state index contributed by atoms with van der Waals surface area (Å²) in [6, 6.07) is 5.96. The molecule has 0 amide bonds. The summed E-state index contributed by atoms with van der Waals surface area (Å²) in [5.41, 5.74) is 0.942. The van der Waals surface area contributed by atoms with Gasteiger partial charge in [0.15, 0.2) is 0 Å². The molecular formula is C9H14NO3S+. The summed E-state index contributed by atoms with van der Waals surface area (Å²) in [6.07, 6.45) is 0. The van der Waals surface area contributed by atoms with Crippen LogP contribution in [-0.4, -0.2) is 34.1 Å². The maximum atomic E-state index is 10.6. The Morgan fingerprint density at radius 3 is 1.86 bits per heavy atom. The number of hydrogen-bond donors (Lipinski definition) is 0. The van der Waals surface area contributed by atoms with Gasteiger partial charge in [-0.15, -0.1) is 0 Å². The maximum Gasteiger partial charge on any atom is 1.00 e. The minimum Gasteiger partial charge on any atom is -0.744 e. The summed E-state index contributed by atoms with van der Waals surface area (Å²) in [5, 5.41) is 0. The molecule has 0 aliphatic rings. The van der Waals surface area contributed by atoms with Crippen LogP contribution in [0.5, 0.6) is 0 Å². The molecule has 5 heteroatoms. The van der Waals surface area contributed by atoms with Crippen LogP contribution in [0.25, 0.3) is 0 Å². The second-order valence-corrected chi connectivity index (χ2v) is 5.34. The van der Waals surface area contributed by atoms with Gasteiger partial charge < -0.3 is 4.55 Å². The third-order valence-electron chi connectivity index (χ3n) is 1.90. The molecule has 0 N–H and O–H groups in total. The minimum atomic E-state index is -4.32. The molecule has 1 aromatic rings. The highest BCUT2D eigenvalue weighted by molar-refractivity contribution is 7.85. The molecule has 0 aliphatic heterocycles. The normalized spacial score (nSPS) is 12.9. The minimum absolute atomic E-state index is 0. The Kier molecular flexibility index (Phi) is 2.67. The monoisotopic (exact) mass is 216 g/mol. The molecule has 0 saturated heterocycles. The Labute approximate surface area is 85.6 Å². The van der Waals surface area contributed by atoms with Crippen molar-refractivity contribution < 1.29 is 14.4 Å². The zero-order chi connectivity index (χ0) is 11.0. The van der Waals surface area contributed by atoms with Gasteiger partial charge in [0.05, 0.1) is 26.0 Å². The summed E-state index contributed by atoms with van der Waals surface area (Å²) in [7, 11) is 1.56. The fourth-order valence-corrected chi connectivity index (χ4v) is 1.53. The van der Waals surface area contributed by atoms with Crippen LogP contribution in [0.3, 0.4) is 0 Å². The van der Waals surface area contributed by atoms with E-state index in [1.807, 2.05) is 21.1 Å². The molecule has 0 atom stereocenters. The lowest BCUT2D eigenvalue weighted by Gasteiger charge is -2.23. The van der Waals surface area contributed by atoms with Crippen molar-refractivity contribution >= 4 is 15.8 Å². The van der Waals surface area contributed by atoms with Crippen LogP contribution in [0.1, 0.15) is 1.43 Å². The van der Waals surface area contributed by atoms with Crippen LogP contribution in [0.4, 0.5) is 5.69 Å². The van der Waals surface area contributed by atoms with Crippen molar-refractivity contribution in [3.63, 3.8) is 0 Å². The van der Waals surface area contributed by atoms with Gasteiger partial charge in [0.2, 0.25) is 0 Å². The average molecular weight is 216 g/mol. The summed E-state index contributed by atoms with van der Waals surface area (Å²) >= 11 is 0. The first-order chi connectivity index (χ1) is 6.21. The van der Waals surface area contributed by atoms with Crippen molar-refractivity contribution in [3.05, 3.63) is 24.3 Å². The van der Waals surface area contributed by atoms with Crippen LogP contribution >= 0.6 is 0 Å². The zero-order valence-electron chi connectivity index (χ0n) is 9.39. The maximum absolute atomic E-state index is 10.6. The van der Waals surface area contributed by atoms with Crippen molar-refractivity contribution in [2.45, 2.75) is 4.90 Å². The first-order valence-corrected chi connectivity index (χ1v) is 5.50. The van der Waals surface area contributed by atoms with Crippen LogP contribution < -0.4 is 4.48 Å². The highest BCUT2D eigenvalue weighted by atomic mass is 32.2. The lowest BCUT2D eigenvalue weighted by molar-refractivity contribution is 0.462. The van der Waals surface area contributed by atoms with Crippen molar-refractivity contribution in [1.82, 2.24) is 4.48 Å². The Bertz CT molecular complexity index is 420. The summed E-state index contributed by atoms with van der Waals surface area (Å²) in [5.74, 6) is 0. The molecule has 0 heterocycles. The van der Waals surface area contributed by atoms with Crippen LogP contribution in [0.15, 0.2) is 29.2 Å². The highest BCUT2D eigenvalue weighted by Gasteiger charge is 2.12. The van der Waals surface area contributed by atoms with E-state index in [2.05, 4.69) is 0 Å². The Hall–Kier alpha value is -0.910. The van der Waals surface area contributed by atoms with Gasteiger partial charge in [-0.05, 0) is 12.1 Å². The lowest BCUT2D eigenvalue weighted by Crippen LogP contribution is -2.34. The van der Waals surface area contributed by atoms with E-state index in [-0.39, 0.29) is 6.32 Å². The van der Waals surface area contributed by atoms with Gasteiger partial charge in [0.25, 0.3) is 0 Å². The Morgan fingerprint density at radius 2 is 1.57 bits per heavy atom. The Balaban J connectivity index is 0.00000196. The van der Waals surface area contributed by atoms with E-state index in [1.54, 1.807) is 12.1 Å². The van der Waals surface area contributed by atoms with Gasteiger partial charge in [-0.25, -0.2) is 8.42 Å². The molecule has 1 aromatic carbocycles. The average Bonchev–Trinajstić information content (AvgIpc) is 2.01. The van der Waals surface area contributed by atoms with E-state index in [0.29, 0.717) is 4.48 Å². The number of benzene rings is 1. The molecule has 1 rings (SSSR count). The van der Waals surface area contributed by atoms with Crippen molar-refractivity contribution in [1.29, 1.82) is 0 Å². The van der Waals surface area contributed by atoms with E-state index >= 15 is 0 Å². The molecule has 14 heavy (non-hydrogen) atoms. The zero-order valence-corrected chi connectivity index (χ0v) is 9.21.